The fourth-order valence-corrected chi connectivity index (χ4v) is 10.6. The maximum Gasteiger partial charge on any atom is 0.328 e. The monoisotopic (exact) mass is 906 g/mol. The molecule has 11 aromatic rings. The lowest BCUT2D eigenvalue weighted by Crippen LogP contribution is -2.21. The van der Waals surface area contributed by atoms with Crippen LogP contribution >= 0.6 is 0 Å². The summed E-state index contributed by atoms with van der Waals surface area (Å²) in [5.41, 5.74) is 9.48. The van der Waals surface area contributed by atoms with Gasteiger partial charge in [-0.15, -0.1) is 0 Å². The van der Waals surface area contributed by atoms with E-state index in [1.165, 1.54) is 0 Å². The van der Waals surface area contributed by atoms with Gasteiger partial charge in [0.25, 0.3) is 0 Å². The van der Waals surface area contributed by atoms with E-state index < -0.39 is 0 Å². The van der Waals surface area contributed by atoms with Crippen LogP contribution in [0.15, 0.2) is 67.7 Å². The molecular formula is C48H42N16O4. The Morgan fingerprint density at radius 3 is 0.824 bits per heavy atom. The topological polar surface area (TPSA) is 217 Å². The zero-order valence-electron chi connectivity index (χ0n) is 38.3. The molecule has 2 N–H and O–H groups in total. The molecule has 0 saturated heterocycles. The summed E-state index contributed by atoms with van der Waals surface area (Å²) in [6.45, 7) is 9.55. The van der Waals surface area contributed by atoms with Crippen molar-refractivity contribution in [2.24, 2.45) is 28.2 Å². The number of H-pyrrole nitrogens is 2. The van der Waals surface area contributed by atoms with Crippen molar-refractivity contribution in [1.29, 1.82) is 0 Å². The smallest absolute Gasteiger partial charge is 0.324 e. The molecule has 7 aromatic heterocycles. The number of imidazole rings is 4. The van der Waals surface area contributed by atoms with E-state index in [-0.39, 0.29) is 22.8 Å². The molecule has 0 aliphatic carbocycles. The van der Waals surface area contributed by atoms with Gasteiger partial charge in [0.05, 0.1) is 44.1 Å². The van der Waals surface area contributed by atoms with Crippen molar-refractivity contribution in [2.75, 3.05) is 0 Å². The summed E-state index contributed by atoms with van der Waals surface area (Å²) in [6.07, 6.45) is 0. The number of hydrogen-bond acceptors (Lipinski definition) is 10. The van der Waals surface area contributed by atoms with Crippen LogP contribution in [0.2, 0.25) is 0 Å². The average Bonchev–Trinajstić information content (AvgIpc) is 4.20. The van der Waals surface area contributed by atoms with Crippen LogP contribution in [0.4, 0.5) is 0 Å². The third-order valence-electron chi connectivity index (χ3n) is 14.2. The molecule has 0 saturated carbocycles. The van der Waals surface area contributed by atoms with Gasteiger partial charge in [0.15, 0.2) is 23.3 Å². The Labute approximate surface area is 381 Å². The molecule has 20 nitrogen and oxygen atoms in total. The second-order valence-electron chi connectivity index (χ2n) is 17.5. The zero-order chi connectivity index (χ0) is 46.9. The Morgan fingerprint density at radius 1 is 0.338 bits per heavy atom. The minimum atomic E-state index is -0.151. The fourth-order valence-electron chi connectivity index (χ4n) is 10.6. The first-order chi connectivity index (χ1) is 32.8. The predicted octanol–water partition coefficient (Wildman–Crippen LogP) is 5.56. The number of nitrogens with one attached hydrogen (secondary N) is 2. The van der Waals surface area contributed by atoms with Crippen LogP contribution in [0.1, 0.15) is 27.7 Å². The quantitative estimate of drug-likeness (QED) is 0.224. The molecule has 4 aromatic carbocycles. The molecule has 0 amide bonds. The summed E-state index contributed by atoms with van der Waals surface area (Å²) < 4.78 is 13.4. The molecule has 68 heavy (non-hydrogen) atoms. The second-order valence-corrected chi connectivity index (χ2v) is 17.5. The summed E-state index contributed by atoms with van der Waals surface area (Å²) in [4.78, 5) is 92.6. The molecule has 2 aliphatic heterocycles. The van der Waals surface area contributed by atoms with Crippen molar-refractivity contribution in [2.45, 2.75) is 53.9 Å². The van der Waals surface area contributed by atoms with Crippen LogP contribution < -0.4 is 22.8 Å². The van der Waals surface area contributed by atoms with Gasteiger partial charge in [0.2, 0.25) is 0 Å². The van der Waals surface area contributed by atoms with Crippen molar-refractivity contribution >= 4 is 88.3 Å². The molecule has 0 spiro atoms. The molecule has 0 atom stereocenters. The number of hydrogen-bond donors (Lipinski definition) is 2. The van der Waals surface area contributed by atoms with Crippen LogP contribution in [0.3, 0.4) is 0 Å². The number of aryl methyl sites for hydroxylation is 8. The van der Waals surface area contributed by atoms with E-state index in [0.29, 0.717) is 138 Å². The van der Waals surface area contributed by atoms with Crippen LogP contribution in [0.25, 0.3) is 134 Å². The first kappa shape index (κ1) is 39.7. The zero-order valence-corrected chi connectivity index (χ0v) is 38.3. The Bertz CT molecular complexity index is 4300. The number of rotatable bonds is 4. The van der Waals surface area contributed by atoms with Crippen molar-refractivity contribution < 1.29 is 0 Å². The van der Waals surface area contributed by atoms with Gasteiger partial charge >= 0.3 is 22.8 Å². The van der Waals surface area contributed by atoms with E-state index in [1.54, 1.807) is 64.7 Å². The highest BCUT2D eigenvalue weighted by molar-refractivity contribution is 6.12. The van der Waals surface area contributed by atoms with E-state index in [2.05, 4.69) is 9.97 Å². The Hall–Kier alpha value is -8.68. The Balaban J connectivity index is 1.25. The van der Waals surface area contributed by atoms with E-state index in [9.17, 15) is 19.2 Å². The maximum absolute atomic E-state index is 13.5. The van der Waals surface area contributed by atoms with Crippen LogP contribution in [-0.2, 0) is 54.4 Å². The summed E-state index contributed by atoms with van der Waals surface area (Å²) in [6, 6.07) is 15.5. The minimum absolute atomic E-state index is 0.150. The third-order valence-corrected chi connectivity index (χ3v) is 14.2. The number of nitrogens with zero attached hydrogens (tertiary/aromatic N) is 14. The van der Waals surface area contributed by atoms with E-state index in [1.807, 2.05) is 76.2 Å². The van der Waals surface area contributed by atoms with E-state index in [0.717, 1.165) is 22.1 Å². The summed E-state index contributed by atoms with van der Waals surface area (Å²) >= 11 is 0. The maximum atomic E-state index is 13.5. The molecular weight excluding hydrogens is 865 g/mol. The largest absolute Gasteiger partial charge is 0.328 e. The van der Waals surface area contributed by atoms with E-state index in [4.69, 9.17) is 29.9 Å². The second kappa shape index (κ2) is 13.5. The van der Waals surface area contributed by atoms with Gasteiger partial charge in [-0.3, -0.25) is 36.5 Å². The van der Waals surface area contributed by atoms with Gasteiger partial charge in [-0.25, -0.2) is 49.1 Å². The molecule has 8 bridgehead atoms. The number of aromatic nitrogens is 16. The van der Waals surface area contributed by atoms with Crippen LogP contribution in [0.5, 0.6) is 0 Å². The number of fused-ring (bicyclic) bond motifs is 24. The molecule has 0 unspecified atom stereocenters. The molecule has 0 fully saturated rings. The van der Waals surface area contributed by atoms with Crippen LogP contribution in [-0.4, -0.2) is 76.4 Å². The molecule has 338 valence electrons. The summed E-state index contributed by atoms with van der Waals surface area (Å²) in [5.74, 6) is 1.37. The summed E-state index contributed by atoms with van der Waals surface area (Å²) in [7, 11) is 7.00. The average molecular weight is 907 g/mol. The van der Waals surface area contributed by atoms with Gasteiger partial charge in [-0.05, 0) is 76.2 Å². The molecule has 9 heterocycles. The summed E-state index contributed by atoms with van der Waals surface area (Å²) in [5, 5.41) is 2.74. The lowest BCUT2D eigenvalue weighted by Gasteiger charge is -2.03. The number of aromatic amines is 2. The van der Waals surface area contributed by atoms with Crippen molar-refractivity contribution in [3.8, 4) is 45.6 Å². The third kappa shape index (κ3) is 4.97. The first-order valence-corrected chi connectivity index (χ1v) is 22.6. The SMILES string of the molecule is CCn1c(=O)n(C)c2cc3c(cc21)-c1nc-3nc2[nH]c(nc3nc(nc4[nH]c(n1)c1cc5c(cc41)n(CC)c(=O)n5C)-c1cc4c(cc1-3)n(CC)c(=O)n4C)c1cc3c(cc21)n(CC)c(=O)n3C. The van der Waals surface area contributed by atoms with Gasteiger partial charge in [-0.1, -0.05) is 0 Å². The van der Waals surface area contributed by atoms with Crippen molar-refractivity contribution in [3.05, 3.63) is 90.5 Å². The number of benzene rings is 4. The van der Waals surface area contributed by atoms with Crippen molar-refractivity contribution in [1.82, 2.24) is 76.4 Å². The molecule has 2 aliphatic rings. The predicted molar refractivity (Wildman–Crippen MR) is 262 cm³/mol. The highest BCUT2D eigenvalue weighted by Gasteiger charge is 2.27. The Morgan fingerprint density at radius 2 is 0.559 bits per heavy atom. The van der Waals surface area contributed by atoms with E-state index >= 15 is 0 Å². The normalized spacial score (nSPS) is 12.6. The molecule has 0 radical (unpaired) electrons. The first-order valence-electron chi connectivity index (χ1n) is 22.6. The minimum Gasteiger partial charge on any atom is -0.324 e. The highest BCUT2D eigenvalue weighted by atomic mass is 16.2. The van der Waals surface area contributed by atoms with Gasteiger partial charge in [0, 0.05) is 98.2 Å². The van der Waals surface area contributed by atoms with Crippen molar-refractivity contribution in [3.63, 3.8) is 0 Å². The van der Waals surface area contributed by atoms with Gasteiger partial charge < -0.3 is 9.97 Å². The van der Waals surface area contributed by atoms with Gasteiger partial charge in [0.1, 0.15) is 22.6 Å². The van der Waals surface area contributed by atoms with Crippen LogP contribution in [0, 0.1) is 0 Å². The lowest BCUT2D eigenvalue weighted by molar-refractivity contribution is 0.712. The van der Waals surface area contributed by atoms with Gasteiger partial charge in [-0.2, -0.15) is 0 Å². The molecule has 13 rings (SSSR count). The molecule has 20 heteroatoms. The lowest BCUT2D eigenvalue weighted by atomic mass is 10.1. The fraction of sp³-hybridized carbons (Fsp3) is 0.250. The Kier molecular flexibility index (Phi) is 7.85. The highest BCUT2D eigenvalue weighted by Crippen LogP contribution is 2.41. The standard InChI is InChI=1S/C48H42N16O4/c1-9-61-33-17-25-21(13-29(33)57(5)45(61)65)37-49-41(25)53-38-22-14-30-34(62(10-2)46(66)58(30)6)18-26(22)43(50-38)55-40-24-16-32-36(64(12-4)48(68)60(32)8)20-28(24)44(52-40)56-39-23-15-31-35(19-27(23)42(51-39)54-37)63(11-3)47(67)59(31)7/h13-20H,9-12H2,1-8H3,(H2,49,50,51,52,53,54,55,56).